The van der Waals surface area contributed by atoms with E-state index in [1.54, 1.807) is 6.20 Å². The monoisotopic (exact) mass is 244 g/mol. The predicted molar refractivity (Wildman–Crippen MR) is 72.3 cm³/mol. The smallest absolute Gasteiger partial charge is 0.0692 e. The van der Waals surface area contributed by atoms with Crippen molar-refractivity contribution < 1.29 is 0 Å². The Bertz CT molecular complexity index is 477. The zero-order valence-corrected chi connectivity index (χ0v) is 11.1. The fourth-order valence-electron chi connectivity index (χ4n) is 1.99. The number of aryl methyl sites for hydroxylation is 3. The summed E-state index contributed by atoms with van der Waals surface area (Å²) in [4.78, 5) is 0. The van der Waals surface area contributed by atoms with Crippen LogP contribution in [0.15, 0.2) is 30.6 Å². The first-order valence-electron chi connectivity index (χ1n) is 6.36. The molecule has 0 atom stereocenters. The van der Waals surface area contributed by atoms with Gasteiger partial charge in [0.25, 0.3) is 0 Å². The standard InChI is InChI=1S/C14H20N4/c1-12-4-5-14(13(2)10-12)11-15-6-3-8-18-9-7-16-17-18/h4-5,7,9-10,15H,3,6,8,11H2,1-2H3. The summed E-state index contributed by atoms with van der Waals surface area (Å²) in [7, 11) is 0. The molecule has 0 aliphatic rings. The Morgan fingerprint density at radius 2 is 2.17 bits per heavy atom. The molecule has 1 aromatic carbocycles. The lowest BCUT2D eigenvalue weighted by atomic mass is 10.1. The lowest BCUT2D eigenvalue weighted by molar-refractivity contribution is 0.530. The molecule has 0 saturated carbocycles. The van der Waals surface area contributed by atoms with Crippen LogP contribution in [0.25, 0.3) is 0 Å². The van der Waals surface area contributed by atoms with Gasteiger partial charge in [-0.05, 0) is 37.9 Å². The van der Waals surface area contributed by atoms with Gasteiger partial charge < -0.3 is 5.32 Å². The number of hydrogen-bond acceptors (Lipinski definition) is 3. The number of aromatic nitrogens is 3. The molecule has 0 radical (unpaired) electrons. The van der Waals surface area contributed by atoms with Gasteiger partial charge in [-0.2, -0.15) is 0 Å². The molecule has 1 heterocycles. The molecule has 2 aromatic rings. The second-order valence-electron chi connectivity index (χ2n) is 4.63. The Kier molecular flexibility index (Phi) is 4.47. The third-order valence-corrected chi connectivity index (χ3v) is 3.03. The predicted octanol–water partition coefficient (Wildman–Crippen LogP) is 2.07. The highest BCUT2D eigenvalue weighted by Gasteiger charge is 1.98. The van der Waals surface area contributed by atoms with E-state index in [4.69, 9.17) is 0 Å². The van der Waals surface area contributed by atoms with E-state index in [-0.39, 0.29) is 0 Å². The fraction of sp³-hybridized carbons (Fsp3) is 0.429. The molecule has 18 heavy (non-hydrogen) atoms. The van der Waals surface area contributed by atoms with Gasteiger partial charge in [-0.1, -0.05) is 29.0 Å². The molecule has 0 fully saturated rings. The normalized spacial score (nSPS) is 10.8. The number of nitrogens with zero attached hydrogens (tertiary/aromatic N) is 3. The van der Waals surface area contributed by atoms with E-state index in [2.05, 4.69) is 47.7 Å². The molecule has 4 nitrogen and oxygen atoms in total. The minimum absolute atomic E-state index is 0.917. The first kappa shape index (κ1) is 12.8. The van der Waals surface area contributed by atoms with Gasteiger partial charge in [0.15, 0.2) is 0 Å². The molecule has 2 rings (SSSR count). The minimum Gasteiger partial charge on any atom is -0.313 e. The van der Waals surface area contributed by atoms with E-state index in [9.17, 15) is 0 Å². The summed E-state index contributed by atoms with van der Waals surface area (Å²) in [5.41, 5.74) is 4.06. The zero-order valence-electron chi connectivity index (χ0n) is 11.1. The van der Waals surface area contributed by atoms with Crippen LogP contribution in [-0.4, -0.2) is 21.5 Å². The Balaban J connectivity index is 1.69. The topological polar surface area (TPSA) is 42.7 Å². The van der Waals surface area contributed by atoms with Crippen molar-refractivity contribution in [2.45, 2.75) is 33.4 Å². The van der Waals surface area contributed by atoms with E-state index >= 15 is 0 Å². The van der Waals surface area contributed by atoms with Gasteiger partial charge >= 0.3 is 0 Å². The van der Waals surface area contributed by atoms with E-state index in [1.165, 1.54) is 16.7 Å². The second-order valence-corrected chi connectivity index (χ2v) is 4.63. The summed E-state index contributed by atoms with van der Waals surface area (Å²) in [5.74, 6) is 0. The van der Waals surface area contributed by atoms with Crippen molar-refractivity contribution in [3.05, 3.63) is 47.3 Å². The fourth-order valence-corrected chi connectivity index (χ4v) is 1.99. The van der Waals surface area contributed by atoms with Crippen molar-refractivity contribution in [1.82, 2.24) is 20.3 Å². The summed E-state index contributed by atoms with van der Waals surface area (Å²) in [5, 5.41) is 11.2. The van der Waals surface area contributed by atoms with Crippen molar-refractivity contribution in [2.75, 3.05) is 6.54 Å². The first-order chi connectivity index (χ1) is 8.75. The molecular weight excluding hydrogens is 224 g/mol. The summed E-state index contributed by atoms with van der Waals surface area (Å²) < 4.78 is 1.86. The summed E-state index contributed by atoms with van der Waals surface area (Å²) in [6.07, 6.45) is 4.67. The SMILES string of the molecule is Cc1ccc(CNCCCn2ccnn2)c(C)c1. The van der Waals surface area contributed by atoms with Gasteiger partial charge in [-0.15, -0.1) is 5.10 Å². The maximum absolute atomic E-state index is 3.93. The third-order valence-electron chi connectivity index (χ3n) is 3.03. The molecule has 0 bridgehead atoms. The van der Waals surface area contributed by atoms with Gasteiger partial charge in [0.05, 0.1) is 6.20 Å². The zero-order chi connectivity index (χ0) is 12.8. The Labute approximate surface area is 108 Å². The third kappa shape index (κ3) is 3.67. The van der Waals surface area contributed by atoms with Gasteiger partial charge in [0.1, 0.15) is 0 Å². The lowest BCUT2D eigenvalue weighted by Crippen LogP contribution is -2.17. The number of benzene rings is 1. The van der Waals surface area contributed by atoms with Crippen molar-refractivity contribution in [1.29, 1.82) is 0 Å². The van der Waals surface area contributed by atoms with Crippen molar-refractivity contribution >= 4 is 0 Å². The van der Waals surface area contributed by atoms with E-state index < -0.39 is 0 Å². The van der Waals surface area contributed by atoms with Crippen molar-refractivity contribution in [2.24, 2.45) is 0 Å². The molecule has 0 saturated heterocycles. The highest BCUT2D eigenvalue weighted by molar-refractivity contribution is 5.30. The quantitative estimate of drug-likeness (QED) is 0.791. The van der Waals surface area contributed by atoms with Crippen LogP contribution in [0.4, 0.5) is 0 Å². The van der Waals surface area contributed by atoms with Crippen LogP contribution in [-0.2, 0) is 13.1 Å². The Morgan fingerprint density at radius 3 is 2.89 bits per heavy atom. The highest BCUT2D eigenvalue weighted by atomic mass is 15.4. The number of nitrogens with one attached hydrogen (secondary N) is 1. The average Bonchev–Trinajstić information content (AvgIpc) is 2.84. The molecular formula is C14H20N4. The van der Waals surface area contributed by atoms with E-state index in [0.29, 0.717) is 0 Å². The molecule has 0 aliphatic heterocycles. The van der Waals surface area contributed by atoms with Crippen LogP contribution in [0.3, 0.4) is 0 Å². The highest BCUT2D eigenvalue weighted by Crippen LogP contribution is 2.09. The van der Waals surface area contributed by atoms with Gasteiger partial charge in [0, 0.05) is 19.3 Å². The second kappa shape index (κ2) is 6.31. The van der Waals surface area contributed by atoms with Crippen LogP contribution in [0, 0.1) is 13.8 Å². The molecule has 0 amide bonds. The lowest BCUT2D eigenvalue weighted by Gasteiger charge is -2.08. The van der Waals surface area contributed by atoms with Crippen molar-refractivity contribution in [3.8, 4) is 0 Å². The molecule has 0 unspecified atom stereocenters. The largest absolute Gasteiger partial charge is 0.313 e. The molecule has 4 heteroatoms. The maximum Gasteiger partial charge on any atom is 0.0692 e. The van der Waals surface area contributed by atoms with Crippen LogP contribution < -0.4 is 5.32 Å². The molecule has 1 N–H and O–H groups in total. The van der Waals surface area contributed by atoms with E-state index in [0.717, 1.165) is 26.1 Å². The van der Waals surface area contributed by atoms with Gasteiger partial charge in [-0.25, -0.2) is 0 Å². The maximum atomic E-state index is 3.93. The van der Waals surface area contributed by atoms with Crippen LogP contribution in [0.2, 0.25) is 0 Å². The van der Waals surface area contributed by atoms with Crippen LogP contribution >= 0.6 is 0 Å². The minimum atomic E-state index is 0.917. The van der Waals surface area contributed by atoms with E-state index in [1.807, 2.05) is 10.9 Å². The Morgan fingerprint density at radius 1 is 1.28 bits per heavy atom. The summed E-state index contributed by atoms with van der Waals surface area (Å²) in [6.45, 7) is 7.14. The molecule has 0 aliphatic carbocycles. The molecule has 96 valence electrons. The van der Waals surface area contributed by atoms with Crippen LogP contribution in [0.1, 0.15) is 23.1 Å². The summed E-state index contributed by atoms with van der Waals surface area (Å²) in [6, 6.07) is 6.60. The summed E-state index contributed by atoms with van der Waals surface area (Å²) >= 11 is 0. The average molecular weight is 244 g/mol. The van der Waals surface area contributed by atoms with Crippen molar-refractivity contribution in [3.63, 3.8) is 0 Å². The number of hydrogen-bond donors (Lipinski definition) is 1. The number of rotatable bonds is 6. The first-order valence-corrected chi connectivity index (χ1v) is 6.36. The van der Waals surface area contributed by atoms with Gasteiger partial charge in [-0.3, -0.25) is 4.68 Å². The Hall–Kier alpha value is -1.68. The van der Waals surface area contributed by atoms with Crippen LogP contribution in [0.5, 0.6) is 0 Å². The van der Waals surface area contributed by atoms with Gasteiger partial charge in [0.2, 0.25) is 0 Å². The molecule has 0 spiro atoms. The molecule has 1 aromatic heterocycles.